The van der Waals surface area contributed by atoms with Crippen molar-refractivity contribution in [1.82, 2.24) is 14.9 Å². The topological polar surface area (TPSA) is 84.4 Å². The van der Waals surface area contributed by atoms with E-state index < -0.39 is 5.60 Å². The monoisotopic (exact) mass is 458 g/mol. The molecule has 1 unspecified atom stereocenters. The second kappa shape index (κ2) is 10.3. The average molecular weight is 459 g/mol. The summed E-state index contributed by atoms with van der Waals surface area (Å²) in [6.45, 7) is 8.59. The molecule has 1 N–H and O–H groups in total. The second-order valence-corrected chi connectivity index (χ2v) is 9.71. The lowest BCUT2D eigenvalue weighted by atomic mass is 9.95. The molecular weight excluding hydrogens is 428 g/mol. The fraction of sp³-hybridized carbons (Fsp3) is 0.500. The summed E-state index contributed by atoms with van der Waals surface area (Å²) in [7, 11) is 0. The quantitative estimate of drug-likeness (QED) is 0.676. The molecule has 1 aliphatic rings. The van der Waals surface area contributed by atoms with Crippen molar-refractivity contribution in [2.45, 2.75) is 58.5 Å². The molecule has 8 heteroatoms. The molecule has 0 bridgehead atoms. The maximum Gasteiger partial charge on any atom is 0.410 e. The molecule has 1 saturated heterocycles. The minimum absolute atomic E-state index is 0.0798. The van der Waals surface area contributed by atoms with Gasteiger partial charge in [-0.2, -0.15) is 0 Å². The van der Waals surface area contributed by atoms with Crippen molar-refractivity contribution >= 4 is 29.3 Å². The first-order valence-corrected chi connectivity index (χ1v) is 11.3. The van der Waals surface area contributed by atoms with Gasteiger partial charge >= 0.3 is 6.09 Å². The first kappa shape index (κ1) is 24.0. The van der Waals surface area contributed by atoms with Crippen LogP contribution in [0.15, 0.2) is 36.7 Å². The Hall–Kier alpha value is -2.67. The van der Waals surface area contributed by atoms with Crippen molar-refractivity contribution in [3.63, 3.8) is 0 Å². The van der Waals surface area contributed by atoms with Gasteiger partial charge in [0.2, 0.25) is 5.91 Å². The van der Waals surface area contributed by atoms with Crippen molar-refractivity contribution in [3.8, 4) is 0 Å². The Bertz CT molecular complexity index is 960. The van der Waals surface area contributed by atoms with Gasteiger partial charge in [-0.3, -0.25) is 9.78 Å². The highest BCUT2D eigenvalue weighted by Gasteiger charge is 2.31. The minimum atomic E-state index is -0.555. The molecular formula is C24H31ClN4O3. The first-order chi connectivity index (χ1) is 15.1. The van der Waals surface area contributed by atoms with Crippen LogP contribution in [-0.4, -0.2) is 45.6 Å². The molecule has 0 saturated carbocycles. The van der Waals surface area contributed by atoms with Crippen LogP contribution in [0.5, 0.6) is 0 Å². The number of anilines is 1. The lowest BCUT2D eigenvalue weighted by Gasteiger charge is -2.33. The van der Waals surface area contributed by atoms with Crippen LogP contribution in [0.2, 0.25) is 5.15 Å². The van der Waals surface area contributed by atoms with E-state index >= 15 is 0 Å². The molecule has 1 fully saturated rings. The predicted molar refractivity (Wildman–Crippen MR) is 125 cm³/mol. The van der Waals surface area contributed by atoms with E-state index in [-0.39, 0.29) is 23.8 Å². The van der Waals surface area contributed by atoms with Crippen molar-refractivity contribution in [2.75, 3.05) is 18.4 Å². The molecule has 0 spiro atoms. The number of piperidine rings is 1. The predicted octanol–water partition coefficient (Wildman–Crippen LogP) is 5.06. The largest absolute Gasteiger partial charge is 0.444 e. The molecule has 7 nitrogen and oxygen atoms in total. The number of benzene rings is 1. The Kier molecular flexibility index (Phi) is 7.72. The summed E-state index contributed by atoms with van der Waals surface area (Å²) in [6.07, 6.45) is 5.08. The van der Waals surface area contributed by atoms with E-state index in [1.165, 1.54) is 6.20 Å². The molecule has 1 aromatic heterocycles. The number of hydrogen-bond donors (Lipinski definition) is 1. The number of rotatable bonds is 5. The van der Waals surface area contributed by atoms with Crippen molar-refractivity contribution in [2.24, 2.45) is 5.92 Å². The zero-order chi connectivity index (χ0) is 23.3. The highest BCUT2D eigenvalue weighted by molar-refractivity contribution is 6.29. The summed E-state index contributed by atoms with van der Waals surface area (Å²) in [4.78, 5) is 35.3. The molecule has 1 aromatic carbocycles. The van der Waals surface area contributed by atoms with Gasteiger partial charge in [0.15, 0.2) is 0 Å². The number of amides is 2. The molecule has 2 heterocycles. The van der Waals surface area contributed by atoms with E-state index in [2.05, 4.69) is 22.2 Å². The summed E-state index contributed by atoms with van der Waals surface area (Å²) in [5.74, 6) is -0.167. The molecule has 1 aliphatic heterocycles. The minimum Gasteiger partial charge on any atom is -0.444 e. The first-order valence-electron chi connectivity index (χ1n) is 11.0. The van der Waals surface area contributed by atoms with Gasteiger partial charge in [-0.25, -0.2) is 9.78 Å². The Labute approximate surface area is 194 Å². The van der Waals surface area contributed by atoms with Crippen LogP contribution < -0.4 is 5.32 Å². The van der Waals surface area contributed by atoms with Gasteiger partial charge in [-0.1, -0.05) is 30.7 Å². The van der Waals surface area contributed by atoms with Crippen LogP contribution in [0.3, 0.4) is 0 Å². The van der Waals surface area contributed by atoms with Crippen LogP contribution in [0.25, 0.3) is 0 Å². The summed E-state index contributed by atoms with van der Waals surface area (Å²) in [5.41, 5.74) is 2.10. The zero-order valence-corrected chi connectivity index (χ0v) is 19.9. The molecule has 0 radical (unpaired) electrons. The second-order valence-electron chi connectivity index (χ2n) is 9.32. The van der Waals surface area contributed by atoms with Gasteiger partial charge in [-0.05, 0) is 63.6 Å². The van der Waals surface area contributed by atoms with Gasteiger partial charge in [0.05, 0.1) is 17.8 Å². The van der Waals surface area contributed by atoms with Gasteiger partial charge in [0.25, 0.3) is 0 Å². The molecule has 2 aromatic rings. The number of halogens is 1. The molecule has 172 valence electrons. The van der Waals surface area contributed by atoms with Gasteiger partial charge < -0.3 is 15.0 Å². The number of nitrogens with zero attached hydrogens (tertiary/aromatic N) is 3. The number of nitrogens with one attached hydrogen (secondary N) is 1. The summed E-state index contributed by atoms with van der Waals surface area (Å²) < 4.78 is 5.46. The SMILES string of the molecule is C[C@H](Cc1cncc(Cl)n1)c1cccc(NC(=O)C2CCCN(C(=O)OC(C)(C)C)C2)c1. The Balaban J connectivity index is 1.61. The maximum atomic E-state index is 12.9. The highest BCUT2D eigenvalue weighted by Crippen LogP contribution is 2.25. The van der Waals surface area contributed by atoms with E-state index in [4.69, 9.17) is 16.3 Å². The van der Waals surface area contributed by atoms with Crippen LogP contribution in [0.4, 0.5) is 10.5 Å². The molecule has 3 rings (SSSR count). The van der Waals surface area contributed by atoms with Crippen molar-refractivity contribution in [1.29, 1.82) is 0 Å². The van der Waals surface area contributed by atoms with Crippen molar-refractivity contribution < 1.29 is 14.3 Å². The lowest BCUT2D eigenvalue weighted by molar-refractivity contribution is -0.121. The molecule has 2 amide bonds. The normalized spacial score (nSPS) is 17.5. The van der Waals surface area contributed by atoms with Crippen LogP contribution in [0, 0.1) is 5.92 Å². The van der Waals surface area contributed by atoms with E-state index in [9.17, 15) is 9.59 Å². The number of hydrogen-bond acceptors (Lipinski definition) is 5. The van der Waals surface area contributed by atoms with Crippen LogP contribution >= 0.6 is 11.6 Å². The van der Waals surface area contributed by atoms with Crippen LogP contribution in [0.1, 0.15) is 57.7 Å². The highest BCUT2D eigenvalue weighted by atomic mass is 35.5. The molecule has 32 heavy (non-hydrogen) atoms. The van der Waals surface area contributed by atoms with Crippen molar-refractivity contribution in [3.05, 3.63) is 53.1 Å². The number of carbonyl (C=O) groups excluding carboxylic acids is 2. The Morgan fingerprint density at radius 2 is 2.09 bits per heavy atom. The van der Waals surface area contributed by atoms with Gasteiger partial charge in [0, 0.05) is 25.0 Å². The fourth-order valence-electron chi connectivity index (χ4n) is 3.76. The Morgan fingerprint density at radius 3 is 2.81 bits per heavy atom. The number of likely N-dealkylation sites (tertiary alicyclic amines) is 1. The number of carbonyl (C=O) groups is 2. The number of ether oxygens (including phenoxy) is 1. The third-order valence-electron chi connectivity index (χ3n) is 5.34. The van der Waals surface area contributed by atoms with E-state index in [1.807, 2.05) is 45.0 Å². The summed E-state index contributed by atoms with van der Waals surface area (Å²) in [6, 6.07) is 7.82. The lowest BCUT2D eigenvalue weighted by Crippen LogP contribution is -2.45. The average Bonchev–Trinajstić information content (AvgIpc) is 2.73. The van der Waals surface area contributed by atoms with E-state index in [1.54, 1.807) is 11.1 Å². The smallest absolute Gasteiger partial charge is 0.410 e. The number of aromatic nitrogens is 2. The van der Waals surface area contributed by atoms with E-state index in [0.717, 1.165) is 29.8 Å². The molecule has 0 aliphatic carbocycles. The summed E-state index contributed by atoms with van der Waals surface area (Å²) >= 11 is 5.94. The third-order valence-corrected chi connectivity index (χ3v) is 5.52. The van der Waals surface area contributed by atoms with E-state index in [0.29, 0.717) is 24.7 Å². The zero-order valence-electron chi connectivity index (χ0n) is 19.1. The third kappa shape index (κ3) is 6.92. The maximum absolute atomic E-state index is 12.9. The van der Waals surface area contributed by atoms with Crippen LogP contribution in [-0.2, 0) is 16.0 Å². The fourth-order valence-corrected chi connectivity index (χ4v) is 3.93. The van der Waals surface area contributed by atoms with Gasteiger partial charge in [0.1, 0.15) is 10.8 Å². The standard InChI is InChI=1S/C24H31ClN4O3/c1-16(11-20-13-26-14-21(25)27-20)17-7-5-9-19(12-17)28-22(30)18-8-6-10-29(15-18)23(31)32-24(2,3)4/h5,7,9,12-14,16,18H,6,8,10-11,15H2,1-4H3,(H,28,30)/t16-,18?/m1/s1. The summed E-state index contributed by atoms with van der Waals surface area (Å²) in [5, 5.41) is 3.40. The Morgan fingerprint density at radius 1 is 1.31 bits per heavy atom. The van der Waals surface area contributed by atoms with Gasteiger partial charge in [-0.15, -0.1) is 0 Å². The molecule has 2 atom stereocenters.